The Morgan fingerprint density at radius 1 is 1.11 bits per heavy atom. The predicted octanol–water partition coefficient (Wildman–Crippen LogP) is 3.10. The van der Waals surface area contributed by atoms with Crippen LogP contribution in [0.3, 0.4) is 0 Å². The molecule has 0 amide bonds. The van der Waals surface area contributed by atoms with E-state index in [2.05, 4.69) is 14.9 Å². The standard InChI is InChI=1S/C14H14ClN3O/c15-11-7-10(12-8-14(19)17-9-16-12)3-4-13(11)18-5-1-2-6-18/h3-4,7-9H,1-2,5-6H2,(H,16,17,19). The van der Waals surface area contributed by atoms with E-state index in [1.54, 1.807) is 0 Å². The molecular weight excluding hydrogens is 262 g/mol. The first-order valence-electron chi connectivity index (χ1n) is 6.30. The minimum absolute atomic E-state index is 0.0373. The molecular formula is C14H14ClN3O. The molecule has 3 rings (SSSR count). The molecule has 2 heterocycles. The van der Waals surface area contributed by atoms with Crippen LogP contribution < -0.4 is 4.90 Å². The molecule has 5 heteroatoms. The predicted molar refractivity (Wildman–Crippen MR) is 75.6 cm³/mol. The molecule has 19 heavy (non-hydrogen) atoms. The molecule has 0 saturated carbocycles. The second kappa shape index (κ2) is 5.05. The molecule has 0 spiro atoms. The quantitative estimate of drug-likeness (QED) is 0.915. The van der Waals surface area contributed by atoms with Crippen molar-refractivity contribution in [2.24, 2.45) is 0 Å². The number of hydrogen-bond acceptors (Lipinski definition) is 4. The lowest BCUT2D eigenvalue weighted by Gasteiger charge is -2.19. The molecule has 0 bridgehead atoms. The van der Waals surface area contributed by atoms with E-state index in [9.17, 15) is 5.11 Å². The zero-order valence-electron chi connectivity index (χ0n) is 10.4. The average molecular weight is 276 g/mol. The number of rotatable bonds is 2. The second-order valence-electron chi connectivity index (χ2n) is 4.62. The number of halogens is 1. The largest absolute Gasteiger partial charge is 0.493 e. The Hall–Kier alpha value is -1.81. The zero-order valence-corrected chi connectivity index (χ0v) is 11.1. The fraction of sp³-hybridized carbons (Fsp3) is 0.286. The Morgan fingerprint density at radius 2 is 1.89 bits per heavy atom. The van der Waals surface area contributed by atoms with Gasteiger partial charge in [-0.05, 0) is 25.0 Å². The molecule has 0 radical (unpaired) electrons. The number of hydrogen-bond donors (Lipinski definition) is 1. The van der Waals surface area contributed by atoms with Crippen molar-refractivity contribution in [1.29, 1.82) is 0 Å². The second-order valence-corrected chi connectivity index (χ2v) is 5.03. The molecule has 2 aromatic rings. The summed E-state index contributed by atoms with van der Waals surface area (Å²) in [6.07, 6.45) is 3.78. The van der Waals surface area contributed by atoms with Gasteiger partial charge in [0, 0.05) is 24.7 Å². The van der Waals surface area contributed by atoms with Crippen molar-refractivity contribution >= 4 is 17.3 Å². The summed E-state index contributed by atoms with van der Waals surface area (Å²) in [5, 5.41) is 10.1. The van der Waals surface area contributed by atoms with Crippen LogP contribution >= 0.6 is 11.6 Å². The molecule has 1 aromatic heterocycles. The maximum Gasteiger partial charge on any atom is 0.214 e. The Bertz CT molecular complexity index is 597. The highest BCUT2D eigenvalue weighted by molar-refractivity contribution is 6.33. The van der Waals surface area contributed by atoms with Gasteiger partial charge in [-0.25, -0.2) is 9.97 Å². The minimum atomic E-state index is -0.0373. The van der Waals surface area contributed by atoms with Crippen molar-refractivity contribution in [2.45, 2.75) is 12.8 Å². The SMILES string of the molecule is Oc1cc(-c2ccc(N3CCCC3)c(Cl)c2)ncn1. The molecule has 0 aliphatic carbocycles. The molecule has 1 aliphatic heterocycles. The summed E-state index contributed by atoms with van der Waals surface area (Å²) in [5.74, 6) is -0.0373. The molecule has 1 aromatic carbocycles. The number of benzene rings is 1. The average Bonchev–Trinajstić information content (AvgIpc) is 2.92. The third kappa shape index (κ3) is 2.49. The Balaban J connectivity index is 1.94. The van der Waals surface area contributed by atoms with Gasteiger partial charge in [-0.1, -0.05) is 17.7 Å². The maximum atomic E-state index is 9.38. The molecule has 1 fully saturated rings. The third-order valence-electron chi connectivity index (χ3n) is 3.34. The Morgan fingerprint density at radius 3 is 2.58 bits per heavy atom. The molecule has 1 saturated heterocycles. The topological polar surface area (TPSA) is 49.2 Å². The highest BCUT2D eigenvalue weighted by Gasteiger charge is 2.15. The summed E-state index contributed by atoms with van der Waals surface area (Å²) in [7, 11) is 0. The Labute approximate surface area is 116 Å². The van der Waals surface area contributed by atoms with Crippen LogP contribution in [0, 0.1) is 0 Å². The van der Waals surface area contributed by atoms with Crippen LogP contribution in [0.1, 0.15) is 12.8 Å². The van der Waals surface area contributed by atoms with Crippen molar-refractivity contribution in [2.75, 3.05) is 18.0 Å². The molecule has 1 N–H and O–H groups in total. The van der Waals surface area contributed by atoms with E-state index in [1.807, 2.05) is 18.2 Å². The van der Waals surface area contributed by atoms with E-state index in [0.717, 1.165) is 29.4 Å². The summed E-state index contributed by atoms with van der Waals surface area (Å²) in [4.78, 5) is 10.1. The van der Waals surface area contributed by atoms with Crippen LogP contribution in [0.5, 0.6) is 5.88 Å². The van der Waals surface area contributed by atoms with Crippen LogP contribution in [0.15, 0.2) is 30.6 Å². The van der Waals surface area contributed by atoms with Gasteiger partial charge in [0.25, 0.3) is 0 Å². The van der Waals surface area contributed by atoms with Gasteiger partial charge in [0.1, 0.15) is 6.33 Å². The lowest BCUT2D eigenvalue weighted by molar-refractivity contribution is 0.452. The number of aromatic hydroxyl groups is 1. The van der Waals surface area contributed by atoms with E-state index in [1.165, 1.54) is 25.2 Å². The van der Waals surface area contributed by atoms with Crippen LogP contribution in [-0.2, 0) is 0 Å². The van der Waals surface area contributed by atoms with Gasteiger partial charge < -0.3 is 10.0 Å². The van der Waals surface area contributed by atoms with Gasteiger partial charge in [-0.15, -0.1) is 0 Å². The highest BCUT2D eigenvalue weighted by Crippen LogP contribution is 2.32. The van der Waals surface area contributed by atoms with Crippen LogP contribution in [0.2, 0.25) is 5.02 Å². The summed E-state index contributed by atoms with van der Waals surface area (Å²) in [6, 6.07) is 7.40. The van der Waals surface area contributed by atoms with E-state index in [-0.39, 0.29) is 5.88 Å². The fourth-order valence-electron chi connectivity index (χ4n) is 2.39. The van der Waals surface area contributed by atoms with Crippen LogP contribution in [-0.4, -0.2) is 28.2 Å². The third-order valence-corrected chi connectivity index (χ3v) is 3.65. The van der Waals surface area contributed by atoms with E-state index >= 15 is 0 Å². The van der Waals surface area contributed by atoms with Gasteiger partial charge in [0.15, 0.2) is 0 Å². The van der Waals surface area contributed by atoms with E-state index in [0.29, 0.717) is 5.69 Å². The van der Waals surface area contributed by atoms with Crippen LogP contribution in [0.25, 0.3) is 11.3 Å². The maximum absolute atomic E-state index is 9.38. The first kappa shape index (κ1) is 12.2. The number of nitrogens with zero attached hydrogens (tertiary/aromatic N) is 3. The smallest absolute Gasteiger partial charge is 0.214 e. The summed E-state index contributed by atoms with van der Waals surface area (Å²) >= 11 is 6.35. The van der Waals surface area contributed by atoms with Crippen molar-refractivity contribution in [1.82, 2.24) is 9.97 Å². The lowest BCUT2D eigenvalue weighted by atomic mass is 10.1. The van der Waals surface area contributed by atoms with Gasteiger partial charge in [-0.2, -0.15) is 0 Å². The molecule has 98 valence electrons. The van der Waals surface area contributed by atoms with E-state index < -0.39 is 0 Å². The normalized spacial score (nSPS) is 14.9. The van der Waals surface area contributed by atoms with Gasteiger partial charge >= 0.3 is 0 Å². The molecule has 0 unspecified atom stereocenters. The number of aromatic nitrogens is 2. The van der Waals surface area contributed by atoms with E-state index in [4.69, 9.17) is 11.6 Å². The Kier molecular flexibility index (Phi) is 3.25. The summed E-state index contributed by atoms with van der Waals surface area (Å²) in [5.41, 5.74) is 2.62. The zero-order chi connectivity index (χ0) is 13.2. The number of anilines is 1. The first-order chi connectivity index (χ1) is 9.24. The van der Waals surface area contributed by atoms with Gasteiger partial charge in [0.2, 0.25) is 5.88 Å². The van der Waals surface area contributed by atoms with Crippen LogP contribution in [0.4, 0.5) is 5.69 Å². The van der Waals surface area contributed by atoms with Gasteiger partial charge in [0.05, 0.1) is 16.4 Å². The summed E-state index contributed by atoms with van der Waals surface area (Å²) < 4.78 is 0. The molecule has 4 nitrogen and oxygen atoms in total. The fourth-order valence-corrected chi connectivity index (χ4v) is 2.69. The highest BCUT2D eigenvalue weighted by atomic mass is 35.5. The first-order valence-corrected chi connectivity index (χ1v) is 6.68. The minimum Gasteiger partial charge on any atom is -0.493 e. The van der Waals surface area contributed by atoms with Crippen molar-refractivity contribution in [3.63, 3.8) is 0 Å². The monoisotopic (exact) mass is 275 g/mol. The van der Waals surface area contributed by atoms with Crippen molar-refractivity contribution < 1.29 is 5.11 Å². The van der Waals surface area contributed by atoms with Crippen molar-refractivity contribution in [3.05, 3.63) is 35.6 Å². The van der Waals surface area contributed by atoms with Crippen molar-refractivity contribution in [3.8, 4) is 17.1 Å². The lowest BCUT2D eigenvalue weighted by Crippen LogP contribution is -2.17. The van der Waals surface area contributed by atoms with Gasteiger partial charge in [-0.3, -0.25) is 0 Å². The molecule has 0 atom stereocenters. The summed E-state index contributed by atoms with van der Waals surface area (Å²) in [6.45, 7) is 2.13. The molecule has 1 aliphatic rings.